The van der Waals surface area contributed by atoms with Gasteiger partial charge in [-0.15, -0.1) is 0 Å². The minimum absolute atomic E-state index is 0.0312. The van der Waals surface area contributed by atoms with Crippen molar-refractivity contribution >= 4 is 17.3 Å². The molecule has 3 aliphatic rings. The number of pyridine rings is 1. The molecule has 7 heteroatoms. The third-order valence-electron chi connectivity index (χ3n) is 4.09. The summed E-state index contributed by atoms with van der Waals surface area (Å²) < 4.78 is 0. The number of nitrogen functional groups attached to an aromatic ring is 1. The van der Waals surface area contributed by atoms with Gasteiger partial charge in [-0.25, -0.2) is 4.98 Å². The summed E-state index contributed by atoms with van der Waals surface area (Å²) in [6.07, 6.45) is 2.42. The Bertz CT molecular complexity index is 499. The molecule has 3 aliphatic heterocycles. The van der Waals surface area contributed by atoms with Gasteiger partial charge < -0.3 is 16.0 Å². The van der Waals surface area contributed by atoms with E-state index in [4.69, 9.17) is 5.73 Å². The molecule has 4 heterocycles. The van der Waals surface area contributed by atoms with E-state index in [1.165, 1.54) is 32.0 Å². The van der Waals surface area contributed by atoms with E-state index in [9.17, 15) is 10.1 Å². The Balaban J connectivity index is 1.73. The number of nitrogens with two attached hydrogens (primary N) is 1. The van der Waals surface area contributed by atoms with Crippen LogP contribution in [0.1, 0.15) is 12.8 Å². The fourth-order valence-corrected chi connectivity index (χ4v) is 3.02. The average molecular weight is 263 g/mol. The summed E-state index contributed by atoms with van der Waals surface area (Å²) in [4.78, 5) is 16.7. The molecule has 0 spiro atoms. The molecule has 19 heavy (non-hydrogen) atoms. The molecular formula is C12H17N5O2. The highest BCUT2D eigenvalue weighted by Gasteiger charge is 2.34. The van der Waals surface area contributed by atoms with E-state index in [0.29, 0.717) is 17.8 Å². The summed E-state index contributed by atoms with van der Waals surface area (Å²) in [6, 6.07) is 3.41. The van der Waals surface area contributed by atoms with Crippen LogP contribution in [0, 0.1) is 16.0 Å². The molecule has 0 saturated carbocycles. The Morgan fingerprint density at radius 2 is 2.16 bits per heavy atom. The van der Waals surface area contributed by atoms with Gasteiger partial charge in [0.15, 0.2) is 0 Å². The standard InChI is InChI=1S/C12H17N5O2/c13-12-10(17(18)19)1-2-11(15-12)14-9-7-16-5-3-8(9)4-6-16/h1-2,8-9H,3-7H2,(H3,13,14,15). The van der Waals surface area contributed by atoms with E-state index in [2.05, 4.69) is 15.2 Å². The third-order valence-corrected chi connectivity index (χ3v) is 4.09. The minimum Gasteiger partial charge on any atom is -0.378 e. The predicted molar refractivity (Wildman–Crippen MR) is 71.9 cm³/mol. The van der Waals surface area contributed by atoms with Crippen LogP contribution in [-0.2, 0) is 0 Å². The number of hydrogen-bond donors (Lipinski definition) is 2. The van der Waals surface area contributed by atoms with Gasteiger partial charge >= 0.3 is 5.69 Å². The highest BCUT2D eigenvalue weighted by Crippen LogP contribution is 2.30. The molecule has 0 amide bonds. The summed E-state index contributed by atoms with van der Waals surface area (Å²) >= 11 is 0. The average Bonchev–Trinajstić information content (AvgIpc) is 2.39. The van der Waals surface area contributed by atoms with Crippen molar-refractivity contribution < 1.29 is 4.92 Å². The zero-order chi connectivity index (χ0) is 13.4. The van der Waals surface area contributed by atoms with Crippen LogP contribution in [0.2, 0.25) is 0 Å². The number of anilines is 2. The van der Waals surface area contributed by atoms with Crippen LogP contribution in [0.5, 0.6) is 0 Å². The lowest BCUT2D eigenvalue weighted by molar-refractivity contribution is -0.384. The molecule has 0 aliphatic carbocycles. The molecule has 2 bridgehead atoms. The lowest BCUT2D eigenvalue weighted by Gasteiger charge is -2.45. The molecule has 0 aromatic carbocycles. The van der Waals surface area contributed by atoms with Crippen molar-refractivity contribution in [2.75, 3.05) is 30.7 Å². The number of nitrogens with zero attached hydrogens (tertiary/aromatic N) is 3. The van der Waals surface area contributed by atoms with Crippen LogP contribution in [-0.4, -0.2) is 40.5 Å². The Kier molecular flexibility index (Phi) is 2.98. The summed E-state index contributed by atoms with van der Waals surface area (Å²) in [7, 11) is 0. The Labute approximate surface area is 110 Å². The second kappa shape index (κ2) is 4.65. The number of aromatic nitrogens is 1. The maximum atomic E-state index is 10.7. The summed E-state index contributed by atoms with van der Waals surface area (Å²) in [6.45, 7) is 3.38. The molecule has 4 rings (SSSR count). The maximum absolute atomic E-state index is 10.7. The van der Waals surface area contributed by atoms with Gasteiger partial charge in [0.25, 0.3) is 0 Å². The zero-order valence-electron chi connectivity index (χ0n) is 10.6. The third kappa shape index (κ3) is 2.33. The van der Waals surface area contributed by atoms with Crippen LogP contribution >= 0.6 is 0 Å². The number of nitro groups is 1. The van der Waals surface area contributed by atoms with Crippen molar-refractivity contribution in [3.05, 3.63) is 22.2 Å². The molecule has 0 radical (unpaired) electrons. The van der Waals surface area contributed by atoms with E-state index >= 15 is 0 Å². The second-order valence-electron chi connectivity index (χ2n) is 5.25. The molecule has 102 valence electrons. The minimum atomic E-state index is -0.514. The lowest BCUT2D eigenvalue weighted by Crippen LogP contribution is -2.53. The largest absolute Gasteiger partial charge is 0.378 e. The molecule has 7 nitrogen and oxygen atoms in total. The van der Waals surface area contributed by atoms with Crippen molar-refractivity contribution in [1.82, 2.24) is 9.88 Å². The van der Waals surface area contributed by atoms with Crippen LogP contribution in [0.25, 0.3) is 0 Å². The molecule has 1 aromatic rings. The number of nitrogens with one attached hydrogen (secondary N) is 1. The van der Waals surface area contributed by atoms with Crippen LogP contribution in [0.4, 0.5) is 17.3 Å². The maximum Gasteiger partial charge on any atom is 0.311 e. The van der Waals surface area contributed by atoms with Crippen LogP contribution < -0.4 is 11.1 Å². The molecule has 3 N–H and O–H groups in total. The number of hydrogen-bond acceptors (Lipinski definition) is 6. The Morgan fingerprint density at radius 1 is 1.42 bits per heavy atom. The van der Waals surface area contributed by atoms with Gasteiger partial charge in [-0.3, -0.25) is 10.1 Å². The van der Waals surface area contributed by atoms with Gasteiger partial charge in [0, 0.05) is 18.7 Å². The van der Waals surface area contributed by atoms with E-state index < -0.39 is 4.92 Å². The van der Waals surface area contributed by atoms with Crippen molar-refractivity contribution in [2.45, 2.75) is 18.9 Å². The van der Waals surface area contributed by atoms with E-state index in [0.717, 1.165) is 6.54 Å². The van der Waals surface area contributed by atoms with Crippen molar-refractivity contribution in [1.29, 1.82) is 0 Å². The topological polar surface area (TPSA) is 97.3 Å². The SMILES string of the molecule is Nc1nc(NC2CN3CCC2CC3)ccc1[N+](=O)[O-]. The molecule has 1 atom stereocenters. The number of fused-ring (bicyclic) bond motifs is 3. The highest BCUT2D eigenvalue weighted by atomic mass is 16.6. The van der Waals surface area contributed by atoms with Crippen molar-refractivity contribution in [3.8, 4) is 0 Å². The summed E-state index contributed by atoms with van der Waals surface area (Å²) in [5.41, 5.74) is 5.46. The van der Waals surface area contributed by atoms with Gasteiger partial charge in [-0.2, -0.15) is 0 Å². The molecule has 3 saturated heterocycles. The quantitative estimate of drug-likeness (QED) is 0.625. The van der Waals surface area contributed by atoms with Gasteiger partial charge in [0.05, 0.1) is 4.92 Å². The lowest BCUT2D eigenvalue weighted by atomic mass is 9.84. The Hall–Kier alpha value is -1.89. The van der Waals surface area contributed by atoms with E-state index in [1.807, 2.05) is 0 Å². The molecule has 1 unspecified atom stereocenters. The van der Waals surface area contributed by atoms with Crippen LogP contribution in [0.3, 0.4) is 0 Å². The van der Waals surface area contributed by atoms with Gasteiger partial charge in [0.1, 0.15) is 5.82 Å². The smallest absolute Gasteiger partial charge is 0.311 e. The first-order valence-corrected chi connectivity index (χ1v) is 6.53. The molecular weight excluding hydrogens is 246 g/mol. The Morgan fingerprint density at radius 3 is 2.68 bits per heavy atom. The van der Waals surface area contributed by atoms with Gasteiger partial charge in [-0.1, -0.05) is 0 Å². The van der Waals surface area contributed by atoms with Crippen molar-refractivity contribution in [3.63, 3.8) is 0 Å². The highest BCUT2D eigenvalue weighted by molar-refractivity contribution is 5.57. The first kappa shape index (κ1) is 12.2. The normalized spacial score (nSPS) is 29.2. The van der Waals surface area contributed by atoms with Crippen LogP contribution in [0.15, 0.2) is 12.1 Å². The number of rotatable bonds is 3. The summed E-state index contributed by atoms with van der Waals surface area (Å²) in [5, 5.41) is 14.0. The van der Waals surface area contributed by atoms with Crippen molar-refractivity contribution in [2.24, 2.45) is 5.92 Å². The van der Waals surface area contributed by atoms with E-state index in [-0.39, 0.29) is 11.5 Å². The molecule has 3 fully saturated rings. The molecule has 1 aromatic heterocycles. The fraction of sp³-hybridized carbons (Fsp3) is 0.583. The van der Waals surface area contributed by atoms with Gasteiger partial charge in [0.2, 0.25) is 5.82 Å². The summed E-state index contributed by atoms with van der Waals surface area (Å²) in [5.74, 6) is 1.27. The van der Waals surface area contributed by atoms with E-state index in [1.54, 1.807) is 6.07 Å². The van der Waals surface area contributed by atoms with Gasteiger partial charge in [-0.05, 0) is 37.9 Å². The predicted octanol–water partition coefficient (Wildman–Crippen LogP) is 1.08. The second-order valence-corrected chi connectivity index (χ2v) is 5.25. The first-order valence-electron chi connectivity index (χ1n) is 6.53. The fourth-order valence-electron chi connectivity index (χ4n) is 3.02. The zero-order valence-corrected chi connectivity index (χ0v) is 10.6. The monoisotopic (exact) mass is 263 g/mol. The first-order chi connectivity index (χ1) is 9.13. The number of piperidine rings is 3.